The maximum Gasteiger partial charge on any atom is 0.253 e. The molecule has 0 fully saturated rings. The number of halogens is 1. The van der Waals surface area contributed by atoms with Gasteiger partial charge in [-0.15, -0.1) is 0 Å². The smallest absolute Gasteiger partial charge is 0.253 e. The Bertz CT molecular complexity index is 568. The minimum atomic E-state index is -0.176. The number of amides is 1. The van der Waals surface area contributed by atoms with Gasteiger partial charge in [0.15, 0.2) is 0 Å². The van der Waals surface area contributed by atoms with Crippen molar-refractivity contribution >= 4 is 27.5 Å². The third kappa shape index (κ3) is 3.57. The number of benzene rings is 1. The molecule has 0 aliphatic rings. The molecule has 1 heterocycles. The first kappa shape index (κ1) is 13.6. The maximum atomic E-state index is 12.1. The second-order valence-electron chi connectivity index (χ2n) is 4.33. The predicted octanol–water partition coefficient (Wildman–Crippen LogP) is 2.05. The number of nitrogens with two attached hydrogens (primary N) is 1. The molecule has 1 atom stereocenters. The van der Waals surface area contributed by atoms with E-state index in [4.69, 9.17) is 5.73 Å². The highest BCUT2D eigenvalue weighted by molar-refractivity contribution is 9.10. The van der Waals surface area contributed by atoms with E-state index in [0.717, 1.165) is 4.47 Å². The number of nitrogen functional groups attached to an aromatic ring is 1. The van der Waals surface area contributed by atoms with Crippen molar-refractivity contribution in [3.8, 4) is 0 Å². The Morgan fingerprint density at radius 1 is 1.58 bits per heavy atom. The van der Waals surface area contributed by atoms with Gasteiger partial charge in [-0.05, 0) is 31.2 Å². The first-order valence-corrected chi connectivity index (χ1v) is 6.69. The molecule has 0 saturated heterocycles. The molecule has 1 aromatic carbocycles. The minimum absolute atomic E-state index is 0.0320. The minimum Gasteiger partial charge on any atom is -0.398 e. The van der Waals surface area contributed by atoms with Gasteiger partial charge in [-0.1, -0.05) is 15.9 Å². The first-order chi connectivity index (χ1) is 9.06. The van der Waals surface area contributed by atoms with Crippen LogP contribution in [0.2, 0.25) is 0 Å². The molecule has 0 saturated carbocycles. The van der Waals surface area contributed by atoms with Crippen molar-refractivity contribution in [2.24, 2.45) is 0 Å². The van der Waals surface area contributed by atoms with Gasteiger partial charge in [0, 0.05) is 28.6 Å². The van der Waals surface area contributed by atoms with Crippen LogP contribution in [0.4, 0.5) is 5.69 Å². The van der Waals surface area contributed by atoms with Crippen molar-refractivity contribution in [2.45, 2.75) is 19.5 Å². The molecule has 1 amide bonds. The Balaban J connectivity index is 2.00. The zero-order valence-electron chi connectivity index (χ0n) is 10.5. The van der Waals surface area contributed by atoms with Gasteiger partial charge >= 0.3 is 0 Å². The third-order valence-electron chi connectivity index (χ3n) is 2.66. The molecule has 6 heteroatoms. The lowest BCUT2D eigenvalue weighted by Gasteiger charge is -2.15. The van der Waals surface area contributed by atoms with E-state index in [0.29, 0.717) is 17.8 Å². The van der Waals surface area contributed by atoms with Crippen LogP contribution in [0.5, 0.6) is 0 Å². The highest BCUT2D eigenvalue weighted by Crippen LogP contribution is 2.18. The molecule has 3 N–H and O–H groups in total. The fourth-order valence-corrected chi connectivity index (χ4v) is 2.16. The Hall–Kier alpha value is -1.82. The van der Waals surface area contributed by atoms with Crippen molar-refractivity contribution in [1.82, 2.24) is 15.1 Å². The molecule has 0 aliphatic heterocycles. The Kier molecular flexibility index (Phi) is 4.21. The molecule has 19 heavy (non-hydrogen) atoms. The van der Waals surface area contributed by atoms with Crippen LogP contribution >= 0.6 is 15.9 Å². The predicted molar refractivity (Wildman–Crippen MR) is 77.7 cm³/mol. The summed E-state index contributed by atoms with van der Waals surface area (Å²) < 4.78 is 2.63. The number of nitrogens with one attached hydrogen (secondary N) is 1. The highest BCUT2D eigenvalue weighted by atomic mass is 79.9. The Morgan fingerprint density at radius 3 is 3.00 bits per heavy atom. The van der Waals surface area contributed by atoms with E-state index < -0.39 is 0 Å². The van der Waals surface area contributed by atoms with Crippen LogP contribution in [-0.4, -0.2) is 21.7 Å². The molecular formula is C13H15BrN4O. The number of anilines is 1. The van der Waals surface area contributed by atoms with Crippen LogP contribution in [0, 0.1) is 0 Å². The van der Waals surface area contributed by atoms with Crippen molar-refractivity contribution in [3.05, 3.63) is 46.7 Å². The van der Waals surface area contributed by atoms with Crippen LogP contribution in [0.3, 0.4) is 0 Å². The standard InChI is InChI=1S/C13H15BrN4O/c1-9(8-18-6-2-5-16-18)17-13(19)11-4-3-10(14)7-12(11)15/h2-7,9H,8,15H2,1H3,(H,17,19). The summed E-state index contributed by atoms with van der Waals surface area (Å²) >= 11 is 3.31. The summed E-state index contributed by atoms with van der Waals surface area (Å²) in [6, 6.07) is 7.03. The van der Waals surface area contributed by atoms with Crippen molar-refractivity contribution in [2.75, 3.05) is 5.73 Å². The molecule has 0 bridgehead atoms. The summed E-state index contributed by atoms with van der Waals surface area (Å²) in [6.07, 6.45) is 3.57. The molecule has 1 aromatic heterocycles. The van der Waals surface area contributed by atoms with E-state index in [1.807, 2.05) is 19.2 Å². The number of rotatable bonds is 4. The summed E-state index contributed by atoms with van der Waals surface area (Å²) in [5.74, 6) is -0.176. The lowest BCUT2D eigenvalue weighted by molar-refractivity contribution is 0.0937. The van der Waals surface area contributed by atoms with Crippen LogP contribution in [0.15, 0.2) is 41.1 Å². The molecular weight excluding hydrogens is 308 g/mol. The average molecular weight is 323 g/mol. The van der Waals surface area contributed by atoms with Gasteiger partial charge in [0.05, 0.1) is 12.1 Å². The molecule has 1 unspecified atom stereocenters. The number of carbonyl (C=O) groups excluding carboxylic acids is 1. The van der Waals surface area contributed by atoms with E-state index >= 15 is 0 Å². The summed E-state index contributed by atoms with van der Waals surface area (Å²) in [4.78, 5) is 12.1. The van der Waals surface area contributed by atoms with Gasteiger partial charge in [0.1, 0.15) is 0 Å². The lowest BCUT2D eigenvalue weighted by atomic mass is 10.1. The van der Waals surface area contributed by atoms with E-state index in [1.54, 1.807) is 29.1 Å². The second-order valence-corrected chi connectivity index (χ2v) is 5.25. The van der Waals surface area contributed by atoms with Crippen LogP contribution in [0.1, 0.15) is 17.3 Å². The van der Waals surface area contributed by atoms with E-state index in [1.165, 1.54) is 0 Å². The topological polar surface area (TPSA) is 72.9 Å². The van der Waals surface area contributed by atoms with Gasteiger partial charge in [-0.3, -0.25) is 9.48 Å². The fraction of sp³-hybridized carbons (Fsp3) is 0.231. The van der Waals surface area contributed by atoms with Crippen molar-refractivity contribution in [1.29, 1.82) is 0 Å². The van der Waals surface area contributed by atoms with Gasteiger partial charge < -0.3 is 11.1 Å². The maximum absolute atomic E-state index is 12.1. The van der Waals surface area contributed by atoms with Gasteiger partial charge in [-0.2, -0.15) is 5.10 Å². The number of hydrogen-bond donors (Lipinski definition) is 2. The Morgan fingerprint density at radius 2 is 2.37 bits per heavy atom. The van der Waals surface area contributed by atoms with E-state index in [9.17, 15) is 4.79 Å². The number of carbonyl (C=O) groups is 1. The van der Waals surface area contributed by atoms with Crippen molar-refractivity contribution < 1.29 is 4.79 Å². The summed E-state index contributed by atoms with van der Waals surface area (Å²) in [5, 5.41) is 7.00. The molecule has 2 rings (SSSR count). The average Bonchev–Trinajstić information content (AvgIpc) is 2.81. The van der Waals surface area contributed by atoms with Gasteiger partial charge in [0.2, 0.25) is 0 Å². The van der Waals surface area contributed by atoms with Crippen LogP contribution < -0.4 is 11.1 Å². The second kappa shape index (κ2) is 5.88. The largest absolute Gasteiger partial charge is 0.398 e. The van der Waals surface area contributed by atoms with Gasteiger partial charge in [0.25, 0.3) is 5.91 Å². The highest BCUT2D eigenvalue weighted by Gasteiger charge is 2.13. The Labute approximate surface area is 119 Å². The third-order valence-corrected chi connectivity index (χ3v) is 3.15. The molecule has 0 radical (unpaired) electrons. The molecule has 5 nitrogen and oxygen atoms in total. The number of nitrogens with zero attached hydrogens (tertiary/aromatic N) is 2. The lowest BCUT2D eigenvalue weighted by Crippen LogP contribution is -2.36. The van der Waals surface area contributed by atoms with Crippen molar-refractivity contribution in [3.63, 3.8) is 0 Å². The molecule has 2 aromatic rings. The molecule has 0 aliphatic carbocycles. The molecule has 100 valence electrons. The zero-order valence-corrected chi connectivity index (χ0v) is 12.1. The summed E-state index contributed by atoms with van der Waals surface area (Å²) in [5.41, 5.74) is 6.76. The number of aromatic nitrogens is 2. The summed E-state index contributed by atoms with van der Waals surface area (Å²) in [7, 11) is 0. The summed E-state index contributed by atoms with van der Waals surface area (Å²) in [6.45, 7) is 2.55. The fourth-order valence-electron chi connectivity index (χ4n) is 1.78. The monoisotopic (exact) mass is 322 g/mol. The quantitative estimate of drug-likeness (QED) is 0.846. The normalized spacial score (nSPS) is 12.1. The van der Waals surface area contributed by atoms with E-state index in [2.05, 4.69) is 26.3 Å². The van der Waals surface area contributed by atoms with E-state index in [-0.39, 0.29) is 11.9 Å². The zero-order chi connectivity index (χ0) is 13.8. The van der Waals surface area contributed by atoms with Crippen LogP contribution in [0.25, 0.3) is 0 Å². The SMILES string of the molecule is CC(Cn1cccn1)NC(=O)c1ccc(Br)cc1N. The van der Waals surface area contributed by atoms with Crippen LogP contribution in [-0.2, 0) is 6.54 Å². The molecule has 0 spiro atoms. The first-order valence-electron chi connectivity index (χ1n) is 5.89. The van der Waals surface area contributed by atoms with Gasteiger partial charge in [-0.25, -0.2) is 0 Å². The number of hydrogen-bond acceptors (Lipinski definition) is 3.